The molecule has 23 heavy (non-hydrogen) atoms. The van der Waals surface area contributed by atoms with E-state index in [1.165, 1.54) is 11.8 Å². The van der Waals surface area contributed by atoms with Crippen molar-refractivity contribution < 1.29 is 9.21 Å². The van der Waals surface area contributed by atoms with Crippen molar-refractivity contribution in [3.05, 3.63) is 58.1 Å². The van der Waals surface area contributed by atoms with E-state index in [4.69, 9.17) is 4.42 Å². The maximum atomic E-state index is 11.9. The van der Waals surface area contributed by atoms with Gasteiger partial charge in [0.1, 0.15) is 5.76 Å². The second-order valence-corrected chi connectivity index (χ2v) is 6.72. The largest absolute Gasteiger partial charge is 0.451 e. The molecule has 1 aromatic carbocycles. The molecule has 0 radical (unpaired) electrons. The summed E-state index contributed by atoms with van der Waals surface area (Å²) in [5.41, 5.74) is 1.26. The maximum absolute atomic E-state index is 11.9. The van der Waals surface area contributed by atoms with Gasteiger partial charge in [-0.25, -0.2) is 0 Å². The molecule has 1 atom stereocenters. The van der Waals surface area contributed by atoms with Gasteiger partial charge in [-0.2, -0.15) is 0 Å². The van der Waals surface area contributed by atoms with Crippen molar-refractivity contribution in [2.75, 3.05) is 24.5 Å². The highest BCUT2D eigenvalue weighted by Crippen LogP contribution is 2.22. The summed E-state index contributed by atoms with van der Waals surface area (Å²) in [4.78, 5) is 14.2. The van der Waals surface area contributed by atoms with Crippen molar-refractivity contribution in [2.45, 2.75) is 6.42 Å². The summed E-state index contributed by atoms with van der Waals surface area (Å²) in [5, 5.41) is 2.98. The lowest BCUT2D eigenvalue weighted by Crippen LogP contribution is -2.29. The van der Waals surface area contributed by atoms with Crippen LogP contribution < -0.4 is 10.2 Å². The van der Waals surface area contributed by atoms with Gasteiger partial charge in [-0.3, -0.25) is 4.79 Å². The standard InChI is InChI=1S/C18H19IN2O2/c19-17-8-6-16(23-17)7-9-18(22)20-12-14-10-11-21(13-14)15-4-2-1-3-5-15/h1-9,14H,10-13H2,(H,20,22)/b9-7+. The number of para-hydroxylation sites is 1. The van der Waals surface area contributed by atoms with Crippen LogP contribution in [0.4, 0.5) is 5.69 Å². The molecule has 1 aromatic heterocycles. The van der Waals surface area contributed by atoms with Crippen molar-refractivity contribution in [1.82, 2.24) is 5.32 Å². The summed E-state index contributed by atoms with van der Waals surface area (Å²) >= 11 is 2.10. The number of nitrogens with zero attached hydrogens (tertiary/aromatic N) is 1. The third-order valence-corrected chi connectivity index (χ3v) is 4.54. The molecule has 0 saturated carbocycles. The molecule has 1 fully saturated rings. The van der Waals surface area contributed by atoms with Crippen LogP contribution in [0.5, 0.6) is 0 Å². The number of anilines is 1. The summed E-state index contributed by atoms with van der Waals surface area (Å²) in [7, 11) is 0. The van der Waals surface area contributed by atoms with Gasteiger partial charge in [-0.05, 0) is 65.3 Å². The van der Waals surface area contributed by atoms with Gasteiger partial charge in [-0.15, -0.1) is 0 Å². The molecule has 0 spiro atoms. The van der Waals surface area contributed by atoms with Gasteiger partial charge in [-0.1, -0.05) is 18.2 Å². The molecule has 1 saturated heterocycles. The van der Waals surface area contributed by atoms with Crippen molar-refractivity contribution >= 4 is 40.3 Å². The van der Waals surface area contributed by atoms with Crippen LogP contribution >= 0.6 is 22.6 Å². The number of amides is 1. The minimum atomic E-state index is -0.0745. The van der Waals surface area contributed by atoms with Crippen LogP contribution in [0.2, 0.25) is 0 Å². The zero-order chi connectivity index (χ0) is 16.1. The van der Waals surface area contributed by atoms with Gasteiger partial charge in [0, 0.05) is 31.4 Å². The third-order valence-electron chi connectivity index (χ3n) is 3.97. The van der Waals surface area contributed by atoms with E-state index in [-0.39, 0.29) is 5.91 Å². The van der Waals surface area contributed by atoms with Gasteiger partial charge in [0.25, 0.3) is 0 Å². The first-order valence-electron chi connectivity index (χ1n) is 7.72. The fourth-order valence-electron chi connectivity index (χ4n) is 2.75. The van der Waals surface area contributed by atoms with E-state index < -0.39 is 0 Å². The average molecular weight is 422 g/mol. The lowest BCUT2D eigenvalue weighted by molar-refractivity contribution is -0.116. The molecule has 120 valence electrons. The number of hydrogen-bond donors (Lipinski definition) is 1. The molecule has 5 heteroatoms. The van der Waals surface area contributed by atoms with Crippen LogP contribution in [-0.4, -0.2) is 25.5 Å². The monoisotopic (exact) mass is 422 g/mol. The normalized spacial score (nSPS) is 17.8. The Kier molecular flexibility index (Phi) is 5.38. The number of halogens is 1. The second-order valence-electron chi connectivity index (χ2n) is 5.66. The molecule has 4 nitrogen and oxygen atoms in total. The van der Waals surface area contributed by atoms with Crippen LogP contribution in [0.1, 0.15) is 12.2 Å². The van der Waals surface area contributed by atoms with E-state index >= 15 is 0 Å². The third kappa shape index (κ3) is 4.60. The average Bonchev–Trinajstić information content (AvgIpc) is 3.21. The predicted molar refractivity (Wildman–Crippen MR) is 100 cm³/mol. The number of benzene rings is 1. The SMILES string of the molecule is O=C(/C=C/c1ccc(I)o1)NCC1CCN(c2ccccc2)C1. The summed E-state index contributed by atoms with van der Waals surface area (Å²) in [6, 6.07) is 14.1. The van der Waals surface area contributed by atoms with Gasteiger partial charge < -0.3 is 14.6 Å². The highest BCUT2D eigenvalue weighted by molar-refractivity contribution is 14.1. The van der Waals surface area contributed by atoms with Crippen molar-refractivity contribution in [1.29, 1.82) is 0 Å². The molecule has 0 bridgehead atoms. The van der Waals surface area contributed by atoms with Crippen molar-refractivity contribution in [3.8, 4) is 0 Å². The molecule has 2 heterocycles. The maximum Gasteiger partial charge on any atom is 0.244 e. The van der Waals surface area contributed by atoms with Crippen LogP contribution in [-0.2, 0) is 4.79 Å². The molecule has 3 rings (SSSR count). The van der Waals surface area contributed by atoms with Gasteiger partial charge >= 0.3 is 0 Å². The summed E-state index contributed by atoms with van der Waals surface area (Å²) in [5.74, 6) is 1.12. The molecule has 2 aromatic rings. The molecular formula is C18H19IN2O2. The molecule has 1 N–H and O–H groups in total. The van der Waals surface area contributed by atoms with E-state index in [0.29, 0.717) is 18.2 Å². The lowest BCUT2D eigenvalue weighted by atomic mass is 10.1. The summed E-state index contributed by atoms with van der Waals surface area (Å²) in [6.45, 7) is 2.75. The second kappa shape index (κ2) is 7.68. The van der Waals surface area contributed by atoms with Crippen LogP contribution in [0.15, 0.2) is 53.0 Å². The van der Waals surface area contributed by atoms with Crippen LogP contribution in [0, 0.1) is 9.68 Å². The number of nitrogens with one attached hydrogen (secondary N) is 1. The van der Waals surface area contributed by atoms with Crippen LogP contribution in [0.25, 0.3) is 6.08 Å². The zero-order valence-electron chi connectivity index (χ0n) is 12.7. The first-order chi connectivity index (χ1) is 11.2. The fourth-order valence-corrected chi connectivity index (χ4v) is 3.19. The zero-order valence-corrected chi connectivity index (χ0v) is 14.9. The smallest absolute Gasteiger partial charge is 0.244 e. The minimum absolute atomic E-state index is 0.0745. The number of furan rings is 1. The van der Waals surface area contributed by atoms with E-state index in [2.05, 4.69) is 57.1 Å². The number of carbonyl (C=O) groups excluding carboxylic acids is 1. The topological polar surface area (TPSA) is 45.5 Å². The number of rotatable bonds is 5. The van der Waals surface area contributed by atoms with E-state index in [1.54, 1.807) is 6.08 Å². The van der Waals surface area contributed by atoms with Crippen molar-refractivity contribution in [2.24, 2.45) is 5.92 Å². The minimum Gasteiger partial charge on any atom is -0.451 e. The van der Waals surface area contributed by atoms with Crippen LogP contribution in [0.3, 0.4) is 0 Å². The van der Waals surface area contributed by atoms with E-state index in [1.807, 2.05) is 18.2 Å². The number of hydrogen-bond acceptors (Lipinski definition) is 3. The quantitative estimate of drug-likeness (QED) is 0.593. The highest BCUT2D eigenvalue weighted by atomic mass is 127. The molecule has 1 unspecified atom stereocenters. The lowest BCUT2D eigenvalue weighted by Gasteiger charge is -2.18. The molecule has 0 aliphatic carbocycles. The van der Waals surface area contributed by atoms with Gasteiger partial charge in [0.2, 0.25) is 5.91 Å². The van der Waals surface area contributed by atoms with Crippen molar-refractivity contribution in [3.63, 3.8) is 0 Å². The Morgan fingerprint density at radius 2 is 2.13 bits per heavy atom. The first kappa shape index (κ1) is 16.1. The predicted octanol–water partition coefficient (Wildman–Crippen LogP) is 3.54. The van der Waals surface area contributed by atoms with Gasteiger partial charge in [0.05, 0.1) is 0 Å². The Hall–Kier alpha value is -1.76. The summed E-state index contributed by atoms with van der Waals surface area (Å²) < 4.78 is 6.20. The van der Waals surface area contributed by atoms with E-state index in [9.17, 15) is 4.79 Å². The highest BCUT2D eigenvalue weighted by Gasteiger charge is 2.22. The molecule has 1 aliphatic heterocycles. The van der Waals surface area contributed by atoms with E-state index in [0.717, 1.165) is 23.3 Å². The Labute approximate surface area is 149 Å². The Balaban J connectivity index is 1.44. The first-order valence-corrected chi connectivity index (χ1v) is 8.80. The Bertz CT molecular complexity index is 681. The molecular weight excluding hydrogens is 403 g/mol. The van der Waals surface area contributed by atoms with Gasteiger partial charge in [0.15, 0.2) is 3.77 Å². The Morgan fingerprint density at radius 3 is 2.87 bits per heavy atom. The summed E-state index contributed by atoms with van der Waals surface area (Å²) in [6.07, 6.45) is 4.33. The number of carbonyl (C=O) groups is 1. The molecule has 1 amide bonds. The molecule has 1 aliphatic rings. The Morgan fingerprint density at radius 1 is 1.30 bits per heavy atom. The fraction of sp³-hybridized carbons (Fsp3) is 0.278.